The van der Waals surface area contributed by atoms with E-state index in [9.17, 15) is 9.50 Å². The van der Waals surface area contributed by atoms with Crippen LogP contribution in [0.3, 0.4) is 0 Å². The maximum Gasteiger partial charge on any atom is 0.245 e. The van der Waals surface area contributed by atoms with Crippen molar-refractivity contribution >= 4 is 29.4 Å². The van der Waals surface area contributed by atoms with Gasteiger partial charge in [-0.3, -0.25) is 9.89 Å². The second-order valence-electron chi connectivity index (χ2n) is 9.67. The minimum absolute atomic E-state index is 0.0477. The fourth-order valence-electron chi connectivity index (χ4n) is 4.50. The third-order valence-electron chi connectivity index (χ3n) is 6.54. The number of phenols is 1. The maximum atomic E-state index is 14.2. The molecule has 2 aromatic carbocycles. The number of benzene rings is 2. The Morgan fingerprint density at radius 2 is 2.08 bits per heavy atom. The summed E-state index contributed by atoms with van der Waals surface area (Å²) in [5.74, 6) is 0.0512. The van der Waals surface area contributed by atoms with Crippen molar-refractivity contribution in [2.24, 2.45) is 10.1 Å². The summed E-state index contributed by atoms with van der Waals surface area (Å²) in [5, 5.41) is 20.3. The van der Waals surface area contributed by atoms with E-state index in [1.54, 1.807) is 18.3 Å². The molecule has 0 saturated carbocycles. The van der Waals surface area contributed by atoms with Gasteiger partial charge in [-0.2, -0.15) is 10.1 Å². The minimum atomic E-state index is -0.517. The fraction of sp³-hybridized carbons (Fsp3) is 0.310. The molecular weight excluding hydrogens is 511 g/mol. The van der Waals surface area contributed by atoms with Gasteiger partial charge in [0.25, 0.3) is 0 Å². The zero-order valence-corrected chi connectivity index (χ0v) is 22.3. The highest BCUT2D eigenvalue weighted by Crippen LogP contribution is 2.25. The summed E-state index contributed by atoms with van der Waals surface area (Å²) < 4.78 is 19.7. The predicted octanol–water partition coefficient (Wildman–Crippen LogP) is 4.01. The lowest BCUT2D eigenvalue weighted by Crippen LogP contribution is -2.43. The Morgan fingerprint density at radius 1 is 1.20 bits per heavy atom. The Morgan fingerprint density at radius 3 is 2.85 bits per heavy atom. The van der Waals surface area contributed by atoms with Crippen LogP contribution in [0.5, 0.6) is 5.75 Å². The zero-order chi connectivity index (χ0) is 27.7. The highest BCUT2D eigenvalue weighted by Gasteiger charge is 2.16. The van der Waals surface area contributed by atoms with Gasteiger partial charge in [-0.1, -0.05) is 30.3 Å². The zero-order valence-electron chi connectivity index (χ0n) is 22.3. The maximum absolute atomic E-state index is 14.2. The van der Waals surface area contributed by atoms with Gasteiger partial charge < -0.3 is 20.5 Å². The number of aliphatic imine (C=N–C) groups is 1. The molecule has 2 aliphatic heterocycles. The predicted molar refractivity (Wildman–Crippen MR) is 157 cm³/mol. The van der Waals surface area contributed by atoms with E-state index >= 15 is 0 Å². The number of hydrazone groups is 1. The first-order chi connectivity index (χ1) is 19.5. The number of nitrogens with one attached hydrogen (secondary N) is 3. The summed E-state index contributed by atoms with van der Waals surface area (Å²) in [7, 11) is 0. The lowest BCUT2D eigenvalue weighted by molar-refractivity contribution is -0.0167. The molecule has 11 heteroatoms. The van der Waals surface area contributed by atoms with Crippen molar-refractivity contribution in [3.63, 3.8) is 0 Å². The number of halogens is 1. The van der Waals surface area contributed by atoms with Crippen LogP contribution >= 0.6 is 0 Å². The lowest BCUT2D eigenvalue weighted by Gasteiger charge is -2.31. The van der Waals surface area contributed by atoms with Crippen LogP contribution in [0.1, 0.15) is 6.92 Å². The molecule has 0 amide bonds. The Hall–Kier alpha value is -4.35. The second kappa shape index (κ2) is 13.1. The van der Waals surface area contributed by atoms with Crippen LogP contribution < -0.4 is 16.1 Å². The number of ether oxygens (including phenoxy) is 1. The first-order valence-corrected chi connectivity index (χ1v) is 13.3. The van der Waals surface area contributed by atoms with Crippen LogP contribution in [0.4, 0.5) is 21.8 Å². The van der Waals surface area contributed by atoms with E-state index in [4.69, 9.17) is 4.74 Å². The van der Waals surface area contributed by atoms with Gasteiger partial charge in [-0.15, -0.1) is 0 Å². The summed E-state index contributed by atoms with van der Waals surface area (Å²) in [6.45, 7) is 6.36. The van der Waals surface area contributed by atoms with Crippen molar-refractivity contribution in [2.45, 2.75) is 19.1 Å². The highest BCUT2D eigenvalue weighted by molar-refractivity contribution is 6.36. The monoisotopic (exact) mass is 544 g/mol. The first kappa shape index (κ1) is 27.2. The Bertz CT molecular complexity index is 1380. The molecule has 3 heterocycles. The molecule has 4 N–H and O–H groups in total. The SMILES string of the molecule is CC1CN(CCNc2nc(N/N=C/C3=NCC(Nc4ccc(-c5cccc(O)c5)cc4)C=C3)ncc2F)CCO1. The average molecular weight is 545 g/mol. The van der Waals surface area contributed by atoms with E-state index < -0.39 is 5.82 Å². The third kappa shape index (κ3) is 7.61. The number of aromatic nitrogens is 2. The fourth-order valence-corrected chi connectivity index (χ4v) is 4.50. The van der Waals surface area contributed by atoms with Crippen LogP contribution in [0.15, 0.2) is 77.0 Å². The quantitative estimate of drug-likeness (QED) is 0.223. The lowest BCUT2D eigenvalue weighted by atomic mass is 10.0. The van der Waals surface area contributed by atoms with Gasteiger partial charge in [-0.25, -0.2) is 14.8 Å². The van der Waals surface area contributed by atoms with Crippen molar-refractivity contribution < 1.29 is 14.2 Å². The van der Waals surface area contributed by atoms with E-state index in [0.717, 1.165) is 42.6 Å². The second-order valence-corrected chi connectivity index (χ2v) is 9.67. The number of phenolic OH excluding ortho intramolecular Hbond substituents is 1. The van der Waals surface area contributed by atoms with E-state index in [-0.39, 0.29) is 29.7 Å². The van der Waals surface area contributed by atoms with Crippen molar-refractivity contribution in [1.29, 1.82) is 0 Å². The van der Waals surface area contributed by atoms with Gasteiger partial charge in [0.1, 0.15) is 5.75 Å². The molecule has 0 bridgehead atoms. The number of rotatable bonds is 10. The van der Waals surface area contributed by atoms with E-state index in [0.29, 0.717) is 25.4 Å². The minimum Gasteiger partial charge on any atom is -0.508 e. The van der Waals surface area contributed by atoms with Crippen LogP contribution in [0.2, 0.25) is 0 Å². The normalized spacial score (nSPS) is 19.4. The molecule has 0 spiro atoms. The summed E-state index contributed by atoms with van der Waals surface area (Å²) in [6.07, 6.45) is 6.82. The number of aromatic hydroxyl groups is 1. The van der Waals surface area contributed by atoms with Crippen LogP contribution in [0, 0.1) is 5.82 Å². The standard InChI is InChI=1S/C29H33FN8O2/c1-20-19-38(13-14-40-20)12-11-31-28-27(30)18-33-29(36-28)37-34-17-24-9-10-25(16-32-24)35-23-7-5-21(6-8-23)22-3-2-4-26(39)15-22/h2-10,15,17-18,20,25,35,39H,11-14,16,19H2,1H3,(H2,31,33,36,37)/b34-17+. The summed E-state index contributed by atoms with van der Waals surface area (Å²) >= 11 is 0. The van der Waals surface area contributed by atoms with E-state index in [2.05, 4.69) is 41.0 Å². The average Bonchev–Trinajstić information content (AvgIpc) is 2.96. The van der Waals surface area contributed by atoms with Gasteiger partial charge in [0.2, 0.25) is 5.95 Å². The van der Waals surface area contributed by atoms with Gasteiger partial charge in [0.05, 0.1) is 43.4 Å². The number of hydrogen-bond acceptors (Lipinski definition) is 10. The van der Waals surface area contributed by atoms with Crippen LogP contribution in [-0.2, 0) is 4.74 Å². The van der Waals surface area contributed by atoms with Crippen molar-refractivity contribution in [3.05, 3.63) is 72.7 Å². The topological polar surface area (TPSA) is 119 Å². The Labute approximate surface area is 232 Å². The number of hydrogen-bond donors (Lipinski definition) is 4. The molecule has 1 fully saturated rings. The van der Waals surface area contributed by atoms with Gasteiger partial charge in [0, 0.05) is 31.9 Å². The van der Waals surface area contributed by atoms with Crippen LogP contribution in [-0.4, -0.2) is 83.4 Å². The molecule has 1 aromatic heterocycles. The molecule has 2 unspecified atom stereocenters. The van der Waals surface area contributed by atoms with Crippen molar-refractivity contribution in [1.82, 2.24) is 14.9 Å². The van der Waals surface area contributed by atoms with Gasteiger partial charge >= 0.3 is 0 Å². The molecular formula is C29H33FN8O2. The Balaban J connectivity index is 1.07. The summed E-state index contributed by atoms with van der Waals surface area (Å²) in [6, 6.07) is 15.3. The number of morpholine rings is 1. The van der Waals surface area contributed by atoms with Crippen molar-refractivity contribution in [3.8, 4) is 16.9 Å². The Kier molecular flexibility index (Phi) is 8.94. The van der Waals surface area contributed by atoms with Crippen molar-refractivity contribution in [2.75, 3.05) is 55.4 Å². The third-order valence-corrected chi connectivity index (χ3v) is 6.54. The molecule has 0 aliphatic carbocycles. The van der Waals surface area contributed by atoms with Gasteiger partial charge in [0.15, 0.2) is 11.6 Å². The number of dihydropyridines is 1. The molecule has 40 heavy (non-hydrogen) atoms. The summed E-state index contributed by atoms with van der Waals surface area (Å²) in [5.41, 5.74) is 6.41. The number of allylic oxidation sites excluding steroid dienone is 1. The summed E-state index contributed by atoms with van der Waals surface area (Å²) in [4.78, 5) is 15.0. The molecule has 1 saturated heterocycles. The smallest absolute Gasteiger partial charge is 0.245 e. The molecule has 2 atom stereocenters. The molecule has 2 aliphatic rings. The molecule has 3 aromatic rings. The number of anilines is 3. The van der Waals surface area contributed by atoms with Crippen LogP contribution in [0.25, 0.3) is 11.1 Å². The van der Waals surface area contributed by atoms with E-state index in [1.165, 1.54) is 0 Å². The molecule has 10 nitrogen and oxygen atoms in total. The highest BCUT2D eigenvalue weighted by atomic mass is 19.1. The largest absolute Gasteiger partial charge is 0.508 e. The molecule has 0 radical (unpaired) electrons. The molecule has 5 rings (SSSR count). The number of nitrogens with zero attached hydrogens (tertiary/aromatic N) is 5. The van der Waals surface area contributed by atoms with E-state index in [1.807, 2.05) is 55.5 Å². The first-order valence-electron chi connectivity index (χ1n) is 13.3. The molecule has 208 valence electrons. The van der Waals surface area contributed by atoms with Gasteiger partial charge in [-0.05, 0) is 48.4 Å².